The average molecular weight is 378 g/mol. The summed E-state index contributed by atoms with van der Waals surface area (Å²) in [6.45, 7) is -0.525. The molecule has 1 aliphatic carbocycles. The van der Waals surface area contributed by atoms with Gasteiger partial charge in [0.2, 0.25) is 0 Å². The first kappa shape index (κ1) is 18.2. The fourth-order valence-corrected chi connectivity index (χ4v) is 4.70. The number of rotatable bonds is 6. The Hall–Kier alpha value is -2.60. The van der Waals surface area contributed by atoms with Crippen molar-refractivity contribution in [2.24, 2.45) is 0 Å². The van der Waals surface area contributed by atoms with Gasteiger partial charge in [-0.3, -0.25) is 4.79 Å². The predicted octanol–water partition coefficient (Wildman–Crippen LogP) is 0.908. The van der Waals surface area contributed by atoms with Crippen LogP contribution in [0.15, 0.2) is 28.4 Å². The van der Waals surface area contributed by atoms with Gasteiger partial charge in [-0.05, 0) is 31.4 Å². The van der Waals surface area contributed by atoms with Crippen molar-refractivity contribution in [1.29, 1.82) is 5.26 Å². The summed E-state index contributed by atoms with van der Waals surface area (Å²) in [6, 6.07) is 4.54. The molecule has 0 aromatic carbocycles. The number of nitrogens with zero attached hydrogens (tertiary/aromatic N) is 2. The zero-order valence-electron chi connectivity index (χ0n) is 14.0. The highest BCUT2D eigenvalue weighted by Gasteiger charge is 2.42. The number of amides is 1. The predicted molar refractivity (Wildman–Crippen MR) is 90.2 cm³/mol. The van der Waals surface area contributed by atoms with Gasteiger partial charge in [-0.15, -0.1) is 0 Å². The Morgan fingerprint density at radius 3 is 2.65 bits per heavy atom. The molecule has 2 aliphatic rings. The highest BCUT2D eigenvalue weighted by molar-refractivity contribution is 7.91. The standard InChI is InChI=1S/C17H18N2O6S/c18-9-12(8-15-2-1-6-24-15)17(21)25-10-16(20)19(13-3-4-13)14-5-7-26(22,23)11-14/h1-2,6,8,13-14H,3-5,7,10-11H2/b12-8+/t14-/m1/s1. The molecule has 1 saturated heterocycles. The third-order valence-electron chi connectivity index (χ3n) is 4.33. The van der Waals surface area contributed by atoms with Crippen LogP contribution in [0.2, 0.25) is 0 Å². The summed E-state index contributed by atoms with van der Waals surface area (Å²) in [5.74, 6) is -1.02. The van der Waals surface area contributed by atoms with Gasteiger partial charge in [-0.25, -0.2) is 13.2 Å². The molecule has 0 spiro atoms. The van der Waals surface area contributed by atoms with Crippen molar-refractivity contribution < 1.29 is 27.2 Å². The van der Waals surface area contributed by atoms with E-state index in [1.807, 2.05) is 0 Å². The smallest absolute Gasteiger partial charge is 0.349 e. The molecule has 0 unspecified atom stereocenters. The summed E-state index contributed by atoms with van der Waals surface area (Å²) in [4.78, 5) is 26.0. The molecule has 2 heterocycles. The number of carbonyl (C=O) groups excluding carboxylic acids is 2. The lowest BCUT2D eigenvalue weighted by Crippen LogP contribution is -2.44. The second-order valence-corrected chi connectivity index (χ2v) is 8.58. The van der Waals surface area contributed by atoms with Crippen LogP contribution in [-0.2, 0) is 24.2 Å². The molecular weight excluding hydrogens is 360 g/mol. The lowest BCUT2D eigenvalue weighted by molar-refractivity contribution is -0.150. The summed E-state index contributed by atoms with van der Waals surface area (Å²) >= 11 is 0. The van der Waals surface area contributed by atoms with Crippen molar-refractivity contribution in [1.82, 2.24) is 4.90 Å². The maximum Gasteiger partial charge on any atom is 0.349 e. The van der Waals surface area contributed by atoms with Crippen molar-refractivity contribution >= 4 is 27.8 Å². The molecule has 1 aromatic heterocycles. The highest BCUT2D eigenvalue weighted by atomic mass is 32.2. The van der Waals surface area contributed by atoms with Gasteiger partial charge in [0, 0.05) is 18.2 Å². The fourth-order valence-electron chi connectivity index (χ4n) is 2.98. The monoisotopic (exact) mass is 378 g/mol. The van der Waals surface area contributed by atoms with E-state index >= 15 is 0 Å². The highest BCUT2D eigenvalue weighted by Crippen LogP contribution is 2.32. The zero-order valence-corrected chi connectivity index (χ0v) is 14.8. The number of ether oxygens (including phenoxy) is 1. The van der Waals surface area contributed by atoms with Crippen LogP contribution in [-0.4, -0.2) is 55.4 Å². The van der Waals surface area contributed by atoms with Crippen molar-refractivity contribution in [2.45, 2.75) is 31.3 Å². The molecule has 8 nitrogen and oxygen atoms in total. The molecule has 1 saturated carbocycles. The Kier molecular flexibility index (Phi) is 5.13. The Morgan fingerprint density at radius 1 is 1.35 bits per heavy atom. The first-order valence-electron chi connectivity index (χ1n) is 8.23. The van der Waals surface area contributed by atoms with Crippen molar-refractivity contribution in [3.8, 4) is 6.07 Å². The van der Waals surface area contributed by atoms with Crippen LogP contribution in [0.3, 0.4) is 0 Å². The number of carbonyl (C=O) groups is 2. The second kappa shape index (κ2) is 7.33. The van der Waals surface area contributed by atoms with Crippen LogP contribution in [0.1, 0.15) is 25.0 Å². The molecule has 0 radical (unpaired) electrons. The molecule has 0 N–H and O–H groups in total. The Labute approximate surface area is 150 Å². The van der Waals surface area contributed by atoms with E-state index in [2.05, 4.69) is 0 Å². The zero-order chi connectivity index (χ0) is 18.7. The van der Waals surface area contributed by atoms with Crippen LogP contribution in [0.4, 0.5) is 0 Å². The number of nitriles is 1. The summed E-state index contributed by atoms with van der Waals surface area (Å²) in [7, 11) is -3.12. The van der Waals surface area contributed by atoms with E-state index in [4.69, 9.17) is 14.4 Å². The first-order chi connectivity index (χ1) is 12.4. The maximum atomic E-state index is 12.5. The molecule has 138 valence electrons. The van der Waals surface area contributed by atoms with E-state index < -0.39 is 28.3 Å². The topological polar surface area (TPSA) is 118 Å². The van der Waals surface area contributed by atoms with E-state index in [0.717, 1.165) is 12.8 Å². The molecule has 0 bridgehead atoms. The number of furan rings is 1. The largest absolute Gasteiger partial charge is 0.465 e. The third kappa shape index (κ3) is 4.32. The third-order valence-corrected chi connectivity index (χ3v) is 6.08. The average Bonchev–Trinajstić information content (AvgIpc) is 3.16. The number of hydrogen-bond donors (Lipinski definition) is 0. The number of hydrogen-bond acceptors (Lipinski definition) is 7. The maximum absolute atomic E-state index is 12.5. The van der Waals surface area contributed by atoms with E-state index in [1.165, 1.54) is 12.3 Å². The molecule has 9 heteroatoms. The minimum absolute atomic E-state index is 0.00796. The van der Waals surface area contributed by atoms with E-state index in [1.54, 1.807) is 23.1 Å². The minimum atomic E-state index is -3.12. The van der Waals surface area contributed by atoms with Crippen molar-refractivity contribution in [3.63, 3.8) is 0 Å². The normalized spacial score (nSPS) is 21.8. The molecule has 1 atom stereocenters. The quantitative estimate of drug-likeness (QED) is 0.410. The van der Waals surface area contributed by atoms with Gasteiger partial charge in [-0.1, -0.05) is 0 Å². The molecule has 2 fully saturated rings. The summed E-state index contributed by atoms with van der Waals surface area (Å²) in [6.07, 6.45) is 4.67. The van der Waals surface area contributed by atoms with Crippen LogP contribution < -0.4 is 0 Å². The molecule has 1 aliphatic heterocycles. The minimum Gasteiger partial charge on any atom is -0.465 e. The molecular formula is C17H18N2O6S. The lowest BCUT2D eigenvalue weighted by atomic mass is 10.2. The van der Waals surface area contributed by atoms with Crippen LogP contribution in [0.5, 0.6) is 0 Å². The molecule has 3 rings (SSSR count). The first-order valence-corrected chi connectivity index (χ1v) is 10.1. The summed E-state index contributed by atoms with van der Waals surface area (Å²) in [5.41, 5.74) is -0.283. The number of esters is 1. The Balaban J connectivity index is 1.61. The fraction of sp³-hybridized carbons (Fsp3) is 0.471. The summed E-state index contributed by atoms with van der Waals surface area (Å²) in [5, 5.41) is 9.08. The molecule has 26 heavy (non-hydrogen) atoms. The van der Waals surface area contributed by atoms with Gasteiger partial charge < -0.3 is 14.1 Å². The molecule has 1 amide bonds. The number of sulfone groups is 1. The van der Waals surface area contributed by atoms with Crippen molar-refractivity contribution in [2.75, 3.05) is 18.1 Å². The van der Waals surface area contributed by atoms with Gasteiger partial charge in [-0.2, -0.15) is 5.26 Å². The lowest BCUT2D eigenvalue weighted by Gasteiger charge is -2.28. The van der Waals surface area contributed by atoms with Gasteiger partial charge in [0.1, 0.15) is 17.4 Å². The van der Waals surface area contributed by atoms with E-state index in [-0.39, 0.29) is 29.2 Å². The van der Waals surface area contributed by atoms with E-state index in [9.17, 15) is 18.0 Å². The van der Waals surface area contributed by atoms with Crippen LogP contribution >= 0.6 is 0 Å². The van der Waals surface area contributed by atoms with Crippen LogP contribution in [0, 0.1) is 11.3 Å². The summed E-state index contributed by atoms with van der Waals surface area (Å²) < 4.78 is 33.4. The Bertz CT molecular complexity index is 862. The van der Waals surface area contributed by atoms with Crippen LogP contribution in [0.25, 0.3) is 6.08 Å². The van der Waals surface area contributed by atoms with Gasteiger partial charge in [0.25, 0.3) is 5.91 Å². The second-order valence-electron chi connectivity index (χ2n) is 6.35. The van der Waals surface area contributed by atoms with Gasteiger partial charge >= 0.3 is 5.97 Å². The van der Waals surface area contributed by atoms with Gasteiger partial charge in [0.05, 0.1) is 17.8 Å². The SMILES string of the molecule is N#C/C(=C\c1ccco1)C(=O)OCC(=O)N(C1CC1)[C@@H]1CCS(=O)(=O)C1. The molecule has 1 aromatic rings. The van der Waals surface area contributed by atoms with Gasteiger partial charge in [0.15, 0.2) is 16.4 Å². The Morgan fingerprint density at radius 2 is 2.12 bits per heavy atom. The van der Waals surface area contributed by atoms with E-state index in [0.29, 0.717) is 12.2 Å². The van der Waals surface area contributed by atoms with Crippen molar-refractivity contribution in [3.05, 3.63) is 29.7 Å².